The number of pyridine rings is 1. The predicted molar refractivity (Wildman–Crippen MR) is 95.9 cm³/mol. The Balaban J connectivity index is 1.98. The first kappa shape index (κ1) is 17.1. The van der Waals surface area contributed by atoms with E-state index in [0.717, 1.165) is 5.56 Å². The zero-order chi connectivity index (χ0) is 17.7. The van der Waals surface area contributed by atoms with Crippen molar-refractivity contribution in [2.24, 2.45) is 0 Å². The Hall–Kier alpha value is -2.73. The molecule has 0 radical (unpaired) electrons. The first-order valence-corrected chi connectivity index (χ1v) is 9.34. The summed E-state index contributed by atoms with van der Waals surface area (Å²) in [6.45, 7) is 0.0897. The van der Waals surface area contributed by atoms with Gasteiger partial charge in [-0.05, 0) is 35.4 Å². The van der Waals surface area contributed by atoms with E-state index in [9.17, 15) is 12.8 Å². The van der Waals surface area contributed by atoms with Crippen LogP contribution in [0.1, 0.15) is 11.1 Å². The molecule has 0 amide bonds. The molecule has 0 saturated heterocycles. The van der Waals surface area contributed by atoms with Gasteiger partial charge in [0.05, 0.1) is 18.0 Å². The van der Waals surface area contributed by atoms with Gasteiger partial charge in [0.25, 0.3) is 0 Å². The summed E-state index contributed by atoms with van der Waals surface area (Å²) >= 11 is 0. The molecule has 0 aliphatic carbocycles. The van der Waals surface area contributed by atoms with Gasteiger partial charge < -0.3 is 0 Å². The molecule has 128 valence electrons. The van der Waals surface area contributed by atoms with Crippen LogP contribution in [0.15, 0.2) is 79.1 Å². The van der Waals surface area contributed by atoms with Crippen LogP contribution in [-0.2, 0) is 22.3 Å². The number of nitrogens with zero attached hydrogens (tertiary/aromatic N) is 2. The second-order valence-electron chi connectivity index (χ2n) is 5.59. The smallest absolute Gasteiger partial charge is 0.239 e. The van der Waals surface area contributed by atoms with Gasteiger partial charge >= 0.3 is 0 Å². The molecule has 1 aromatic heterocycles. The van der Waals surface area contributed by atoms with E-state index in [-0.39, 0.29) is 12.3 Å². The van der Waals surface area contributed by atoms with Crippen molar-refractivity contribution in [1.29, 1.82) is 0 Å². The highest BCUT2D eigenvalue weighted by atomic mass is 32.2. The molecule has 3 rings (SSSR count). The van der Waals surface area contributed by atoms with Gasteiger partial charge in [-0.3, -0.25) is 9.29 Å². The van der Waals surface area contributed by atoms with Crippen molar-refractivity contribution in [2.75, 3.05) is 4.31 Å². The fraction of sp³-hybridized carbons (Fsp3) is 0.105. The number of aromatic nitrogens is 1. The van der Waals surface area contributed by atoms with Crippen LogP contribution in [0.5, 0.6) is 0 Å². The lowest BCUT2D eigenvalue weighted by molar-refractivity contribution is 0.589. The maximum atomic E-state index is 13.6. The van der Waals surface area contributed by atoms with Gasteiger partial charge in [-0.2, -0.15) is 0 Å². The minimum absolute atomic E-state index is 0.0897. The van der Waals surface area contributed by atoms with Crippen LogP contribution in [0, 0.1) is 5.82 Å². The first-order valence-electron chi connectivity index (χ1n) is 7.73. The van der Waals surface area contributed by atoms with E-state index < -0.39 is 15.8 Å². The molecular formula is C19H17FN2O2S. The molecule has 0 atom stereocenters. The number of rotatable bonds is 6. The van der Waals surface area contributed by atoms with Crippen LogP contribution < -0.4 is 4.31 Å². The third-order valence-corrected chi connectivity index (χ3v) is 5.38. The quantitative estimate of drug-likeness (QED) is 0.676. The van der Waals surface area contributed by atoms with Gasteiger partial charge in [0.2, 0.25) is 10.0 Å². The summed E-state index contributed by atoms with van der Waals surface area (Å²) in [5, 5.41) is 0. The Morgan fingerprint density at radius 3 is 2.36 bits per heavy atom. The van der Waals surface area contributed by atoms with Gasteiger partial charge in [-0.15, -0.1) is 0 Å². The summed E-state index contributed by atoms with van der Waals surface area (Å²) in [5.74, 6) is -0.645. The highest BCUT2D eigenvalue weighted by Crippen LogP contribution is 2.24. The van der Waals surface area contributed by atoms with Gasteiger partial charge in [0.1, 0.15) is 5.82 Å². The number of hydrogen-bond donors (Lipinski definition) is 0. The second kappa shape index (κ2) is 7.44. The molecule has 0 N–H and O–H groups in total. The normalized spacial score (nSPS) is 11.2. The fourth-order valence-electron chi connectivity index (χ4n) is 2.50. The van der Waals surface area contributed by atoms with Gasteiger partial charge in [-0.1, -0.05) is 42.5 Å². The molecule has 0 fully saturated rings. The highest BCUT2D eigenvalue weighted by molar-refractivity contribution is 7.92. The highest BCUT2D eigenvalue weighted by Gasteiger charge is 2.24. The van der Waals surface area contributed by atoms with Crippen LogP contribution in [0.3, 0.4) is 0 Å². The van der Waals surface area contributed by atoms with Crippen LogP contribution in [0.4, 0.5) is 10.1 Å². The fourth-order valence-corrected chi connectivity index (χ4v) is 4.05. The first-order chi connectivity index (χ1) is 12.0. The minimum atomic E-state index is -3.70. The van der Waals surface area contributed by atoms with Crippen LogP contribution in [0.25, 0.3) is 0 Å². The molecule has 1 heterocycles. The van der Waals surface area contributed by atoms with Crippen LogP contribution >= 0.6 is 0 Å². The summed E-state index contributed by atoms with van der Waals surface area (Å²) < 4.78 is 40.9. The maximum Gasteiger partial charge on any atom is 0.239 e. The molecule has 0 spiro atoms. The van der Waals surface area contributed by atoms with Gasteiger partial charge in [0.15, 0.2) is 0 Å². The lowest BCUT2D eigenvalue weighted by Crippen LogP contribution is -2.31. The topological polar surface area (TPSA) is 50.3 Å². The van der Waals surface area contributed by atoms with Crippen molar-refractivity contribution in [3.05, 3.63) is 96.1 Å². The molecule has 25 heavy (non-hydrogen) atoms. The van der Waals surface area contributed by atoms with Gasteiger partial charge in [0, 0.05) is 12.4 Å². The van der Waals surface area contributed by atoms with Crippen molar-refractivity contribution in [3.63, 3.8) is 0 Å². The number of hydrogen-bond acceptors (Lipinski definition) is 3. The molecule has 0 bridgehead atoms. The molecular weight excluding hydrogens is 339 g/mol. The summed E-state index contributed by atoms with van der Waals surface area (Å²) in [6, 6.07) is 18.0. The second-order valence-corrected chi connectivity index (χ2v) is 7.48. The maximum absolute atomic E-state index is 13.6. The summed E-state index contributed by atoms with van der Waals surface area (Å²) in [5.41, 5.74) is 1.69. The Morgan fingerprint density at radius 1 is 0.920 bits per heavy atom. The van der Waals surface area contributed by atoms with Crippen molar-refractivity contribution < 1.29 is 12.8 Å². The third kappa shape index (κ3) is 4.42. The molecule has 4 nitrogen and oxygen atoms in total. The van der Waals surface area contributed by atoms with Crippen molar-refractivity contribution in [2.45, 2.75) is 12.3 Å². The molecule has 6 heteroatoms. The molecule has 3 aromatic rings. The predicted octanol–water partition coefficient (Wildman–Crippen LogP) is 3.76. The molecule has 0 aliphatic heterocycles. The number of halogens is 1. The van der Waals surface area contributed by atoms with Crippen molar-refractivity contribution in [3.8, 4) is 0 Å². The summed E-state index contributed by atoms with van der Waals surface area (Å²) in [7, 11) is -3.70. The molecule has 0 saturated carbocycles. The lowest BCUT2D eigenvalue weighted by Gasteiger charge is -2.24. The average molecular weight is 356 g/mol. The number of anilines is 1. The number of sulfonamides is 1. The van der Waals surface area contributed by atoms with Crippen molar-refractivity contribution in [1.82, 2.24) is 4.98 Å². The van der Waals surface area contributed by atoms with Gasteiger partial charge in [-0.25, -0.2) is 12.8 Å². The van der Waals surface area contributed by atoms with Crippen LogP contribution in [0.2, 0.25) is 0 Å². The van der Waals surface area contributed by atoms with E-state index in [1.807, 2.05) is 6.07 Å². The SMILES string of the molecule is O=S(=O)(Cc1ccccc1)N(Cc1cccnc1)c1cccc(F)c1. The summed E-state index contributed by atoms with van der Waals surface area (Å²) in [4.78, 5) is 4.02. The Morgan fingerprint density at radius 2 is 1.68 bits per heavy atom. The average Bonchev–Trinajstić information content (AvgIpc) is 2.61. The largest absolute Gasteiger partial charge is 0.265 e. The zero-order valence-electron chi connectivity index (χ0n) is 13.4. The Bertz CT molecular complexity index is 932. The Labute approximate surface area is 146 Å². The molecule has 2 aromatic carbocycles. The lowest BCUT2D eigenvalue weighted by atomic mass is 10.2. The summed E-state index contributed by atoms with van der Waals surface area (Å²) in [6.07, 6.45) is 3.22. The minimum Gasteiger partial charge on any atom is -0.265 e. The van der Waals surface area contributed by atoms with E-state index in [1.54, 1.807) is 54.9 Å². The monoisotopic (exact) mass is 356 g/mol. The standard InChI is InChI=1S/C19H17FN2O2S/c20-18-9-4-10-19(12-18)22(14-17-8-5-11-21-13-17)25(23,24)15-16-6-2-1-3-7-16/h1-13H,14-15H2. The number of benzene rings is 2. The third-order valence-electron chi connectivity index (χ3n) is 3.67. The molecule has 0 aliphatic rings. The van der Waals surface area contributed by atoms with E-state index in [1.165, 1.54) is 22.5 Å². The van der Waals surface area contributed by atoms with E-state index in [4.69, 9.17) is 0 Å². The van der Waals surface area contributed by atoms with Crippen LogP contribution in [-0.4, -0.2) is 13.4 Å². The Kier molecular flexibility index (Phi) is 5.09. The van der Waals surface area contributed by atoms with Crippen molar-refractivity contribution >= 4 is 15.7 Å². The zero-order valence-corrected chi connectivity index (χ0v) is 14.2. The van der Waals surface area contributed by atoms with E-state index in [0.29, 0.717) is 11.3 Å². The molecule has 0 unspecified atom stereocenters. The van der Waals surface area contributed by atoms with E-state index in [2.05, 4.69) is 4.98 Å². The van der Waals surface area contributed by atoms with E-state index >= 15 is 0 Å².